The van der Waals surface area contributed by atoms with Gasteiger partial charge in [0.2, 0.25) is 5.91 Å². The summed E-state index contributed by atoms with van der Waals surface area (Å²) in [5.41, 5.74) is 2.00. The topological polar surface area (TPSA) is 58.6 Å². The monoisotopic (exact) mass is 261 g/mol. The van der Waals surface area contributed by atoms with Crippen LogP contribution in [-0.4, -0.2) is 23.2 Å². The summed E-state index contributed by atoms with van der Waals surface area (Å²) in [5, 5.41) is 12.8. The van der Waals surface area contributed by atoms with Crippen molar-refractivity contribution in [2.75, 3.05) is 5.32 Å². The minimum atomic E-state index is -0.376. The van der Waals surface area contributed by atoms with Crippen LogP contribution < -0.4 is 10.1 Å². The van der Waals surface area contributed by atoms with E-state index < -0.39 is 0 Å². The van der Waals surface area contributed by atoms with Crippen LogP contribution in [0.25, 0.3) is 0 Å². The summed E-state index contributed by atoms with van der Waals surface area (Å²) in [4.78, 5) is 11.4. The Morgan fingerprint density at radius 2 is 2.05 bits per heavy atom. The predicted molar refractivity (Wildman–Crippen MR) is 72.3 cm³/mol. The molecular weight excluding hydrogens is 242 g/mol. The van der Waals surface area contributed by atoms with E-state index in [1.807, 2.05) is 18.2 Å². The van der Waals surface area contributed by atoms with Crippen LogP contribution >= 0.6 is 0 Å². The van der Waals surface area contributed by atoms with Crippen LogP contribution in [0.2, 0.25) is 0 Å². The maximum Gasteiger partial charge on any atom is 0.224 e. The van der Waals surface area contributed by atoms with Gasteiger partial charge in [0, 0.05) is 18.2 Å². The van der Waals surface area contributed by atoms with Gasteiger partial charge in [0.15, 0.2) is 0 Å². The van der Waals surface area contributed by atoms with Crippen LogP contribution in [0.1, 0.15) is 37.7 Å². The molecular formula is C15H19NO3. The zero-order chi connectivity index (χ0) is 13.2. The maximum atomic E-state index is 11.4. The van der Waals surface area contributed by atoms with Gasteiger partial charge in [0.1, 0.15) is 11.9 Å². The molecule has 4 nitrogen and oxygen atoms in total. The highest BCUT2D eigenvalue weighted by atomic mass is 16.5. The molecule has 2 aliphatic rings. The van der Waals surface area contributed by atoms with Crippen molar-refractivity contribution in [3.8, 4) is 5.75 Å². The van der Waals surface area contributed by atoms with E-state index in [0.717, 1.165) is 49.1 Å². The first-order valence-electron chi connectivity index (χ1n) is 7.00. The van der Waals surface area contributed by atoms with Gasteiger partial charge in [-0.1, -0.05) is 12.5 Å². The number of benzene rings is 1. The lowest BCUT2D eigenvalue weighted by molar-refractivity contribution is -0.116. The average Bonchev–Trinajstić information content (AvgIpc) is 2.41. The Labute approximate surface area is 112 Å². The number of carbonyl (C=O) groups excluding carboxylic acids is 1. The lowest BCUT2D eigenvalue weighted by atomic mass is 9.95. The van der Waals surface area contributed by atoms with Crippen molar-refractivity contribution in [1.29, 1.82) is 0 Å². The lowest BCUT2D eigenvalue weighted by Gasteiger charge is -2.28. The second-order valence-electron chi connectivity index (χ2n) is 5.38. The van der Waals surface area contributed by atoms with Crippen LogP contribution in [0.5, 0.6) is 5.75 Å². The zero-order valence-corrected chi connectivity index (χ0v) is 10.9. The molecule has 1 amide bonds. The minimum Gasteiger partial charge on any atom is -0.488 e. The van der Waals surface area contributed by atoms with Gasteiger partial charge in [-0.3, -0.25) is 4.79 Å². The Bertz CT molecular complexity index is 486. The van der Waals surface area contributed by atoms with Crippen LogP contribution in [0, 0.1) is 0 Å². The molecule has 2 unspecified atom stereocenters. The molecule has 0 radical (unpaired) electrons. The largest absolute Gasteiger partial charge is 0.488 e. The molecule has 1 saturated carbocycles. The van der Waals surface area contributed by atoms with Gasteiger partial charge in [0.25, 0.3) is 0 Å². The summed E-state index contributed by atoms with van der Waals surface area (Å²) in [7, 11) is 0. The van der Waals surface area contributed by atoms with E-state index in [9.17, 15) is 9.90 Å². The quantitative estimate of drug-likeness (QED) is 0.858. The molecule has 0 saturated heterocycles. The van der Waals surface area contributed by atoms with Crippen LogP contribution in [-0.2, 0) is 11.2 Å². The normalized spacial score (nSPS) is 26.5. The second-order valence-corrected chi connectivity index (χ2v) is 5.38. The molecule has 1 heterocycles. The van der Waals surface area contributed by atoms with Gasteiger partial charge < -0.3 is 15.2 Å². The first-order chi connectivity index (χ1) is 9.22. The standard InChI is InChI=1S/C15H19NO3/c17-13-3-1-2-4-14(13)19-11-7-5-10-6-8-15(18)16-12(10)9-11/h5,7,9,13-14,17H,1-4,6,8H2,(H,16,18). The van der Waals surface area contributed by atoms with Gasteiger partial charge in [-0.2, -0.15) is 0 Å². The molecule has 1 aromatic carbocycles. The molecule has 1 aliphatic heterocycles. The molecule has 1 fully saturated rings. The number of aryl methyl sites for hydroxylation is 1. The molecule has 2 N–H and O–H groups in total. The van der Waals surface area contributed by atoms with E-state index in [-0.39, 0.29) is 18.1 Å². The maximum absolute atomic E-state index is 11.4. The van der Waals surface area contributed by atoms with Crippen molar-refractivity contribution >= 4 is 11.6 Å². The second kappa shape index (κ2) is 5.21. The molecule has 4 heteroatoms. The molecule has 1 aromatic rings. The van der Waals surface area contributed by atoms with Gasteiger partial charge in [-0.25, -0.2) is 0 Å². The summed E-state index contributed by atoms with van der Waals surface area (Å²) < 4.78 is 5.87. The number of hydrogen-bond acceptors (Lipinski definition) is 3. The van der Waals surface area contributed by atoms with Crippen molar-refractivity contribution in [3.05, 3.63) is 23.8 Å². The van der Waals surface area contributed by atoms with Crippen molar-refractivity contribution in [2.45, 2.75) is 50.7 Å². The summed E-state index contributed by atoms with van der Waals surface area (Å²) >= 11 is 0. The molecule has 0 aromatic heterocycles. The number of aliphatic hydroxyl groups excluding tert-OH is 1. The molecule has 19 heavy (non-hydrogen) atoms. The predicted octanol–water partition coefficient (Wildman–Crippen LogP) is 2.25. The molecule has 0 spiro atoms. The fraction of sp³-hybridized carbons (Fsp3) is 0.533. The molecule has 2 atom stereocenters. The molecule has 3 rings (SSSR count). The molecule has 1 aliphatic carbocycles. The van der Waals surface area contributed by atoms with E-state index in [1.54, 1.807) is 0 Å². The fourth-order valence-electron chi connectivity index (χ4n) is 2.81. The minimum absolute atomic E-state index is 0.0577. The van der Waals surface area contributed by atoms with Gasteiger partial charge in [-0.05, 0) is 37.3 Å². The van der Waals surface area contributed by atoms with Gasteiger partial charge in [0.05, 0.1) is 6.10 Å². The Kier molecular flexibility index (Phi) is 3.42. The zero-order valence-electron chi connectivity index (χ0n) is 10.9. The van der Waals surface area contributed by atoms with E-state index in [2.05, 4.69) is 5.32 Å². The Morgan fingerprint density at radius 1 is 1.21 bits per heavy atom. The fourth-order valence-corrected chi connectivity index (χ4v) is 2.81. The number of rotatable bonds is 2. The number of hydrogen-bond donors (Lipinski definition) is 2. The molecule has 102 valence electrons. The Morgan fingerprint density at radius 3 is 2.89 bits per heavy atom. The van der Waals surface area contributed by atoms with E-state index in [4.69, 9.17) is 4.74 Å². The van der Waals surface area contributed by atoms with Crippen LogP contribution in [0.4, 0.5) is 5.69 Å². The van der Waals surface area contributed by atoms with Crippen molar-refractivity contribution < 1.29 is 14.6 Å². The van der Waals surface area contributed by atoms with E-state index in [0.29, 0.717) is 6.42 Å². The third kappa shape index (κ3) is 2.73. The van der Waals surface area contributed by atoms with E-state index >= 15 is 0 Å². The Balaban J connectivity index is 1.74. The third-order valence-electron chi connectivity index (χ3n) is 3.93. The summed E-state index contributed by atoms with van der Waals surface area (Å²) in [6.07, 6.45) is 4.72. The SMILES string of the molecule is O=C1CCc2ccc(OC3CCCCC3O)cc2N1. The van der Waals surface area contributed by atoms with Crippen LogP contribution in [0.15, 0.2) is 18.2 Å². The van der Waals surface area contributed by atoms with Gasteiger partial charge >= 0.3 is 0 Å². The summed E-state index contributed by atoms with van der Waals surface area (Å²) in [5.74, 6) is 0.786. The molecule has 0 bridgehead atoms. The van der Waals surface area contributed by atoms with E-state index in [1.165, 1.54) is 0 Å². The first-order valence-corrected chi connectivity index (χ1v) is 7.00. The van der Waals surface area contributed by atoms with Crippen molar-refractivity contribution in [2.24, 2.45) is 0 Å². The summed E-state index contributed by atoms with van der Waals surface area (Å²) in [6.45, 7) is 0. The number of carbonyl (C=O) groups is 1. The first kappa shape index (κ1) is 12.5. The highest BCUT2D eigenvalue weighted by Gasteiger charge is 2.25. The lowest BCUT2D eigenvalue weighted by Crippen LogP contribution is -2.34. The highest BCUT2D eigenvalue weighted by molar-refractivity contribution is 5.94. The van der Waals surface area contributed by atoms with Gasteiger partial charge in [-0.15, -0.1) is 0 Å². The van der Waals surface area contributed by atoms with Crippen LogP contribution in [0.3, 0.4) is 0 Å². The number of amides is 1. The number of aliphatic hydroxyl groups is 1. The number of fused-ring (bicyclic) bond motifs is 1. The third-order valence-corrected chi connectivity index (χ3v) is 3.93. The smallest absolute Gasteiger partial charge is 0.224 e. The average molecular weight is 261 g/mol. The number of nitrogens with one attached hydrogen (secondary N) is 1. The summed E-state index contributed by atoms with van der Waals surface area (Å²) in [6, 6.07) is 5.80. The number of ether oxygens (including phenoxy) is 1. The Hall–Kier alpha value is -1.55. The van der Waals surface area contributed by atoms with Crippen molar-refractivity contribution in [3.63, 3.8) is 0 Å². The number of anilines is 1. The highest BCUT2D eigenvalue weighted by Crippen LogP contribution is 2.29. The van der Waals surface area contributed by atoms with Crippen molar-refractivity contribution in [1.82, 2.24) is 0 Å².